The fraction of sp³-hybridized carbons (Fsp3) is 0.231. The molecule has 7 nitrogen and oxygen atoms in total. The minimum absolute atomic E-state index is 0.0357. The Morgan fingerprint density at radius 2 is 1.61 bits per heavy atom. The smallest absolute Gasteiger partial charge is 0.251 e. The van der Waals surface area contributed by atoms with E-state index in [1.807, 2.05) is 76.4 Å². The van der Waals surface area contributed by atoms with Crippen LogP contribution in [0.15, 0.2) is 60.8 Å². The first kappa shape index (κ1) is 22.2. The number of carbonyl (C=O) groups excluding carboxylic acids is 2. The maximum Gasteiger partial charge on any atom is 0.251 e. The van der Waals surface area contributed by atoms with E-state index in [0.29, 0.717) is 5.56 Å². The van der Waals surface area contributed by atoms with Crippen LogP contribution in [0.3, 0.4) is 0 Å². The third kappa shape index (κ3) is 4.62. The first-order valence-corrected chi connectivity index (χ1v) is 10.8. The molecule has 0 bridgehead atoms. The summed E-state index contributed by atoms with van der Waals surface area (Å²) in [5.74, 6) is -0.160. The third-order valence-electron chi connectivity index (χ3n) is 5.45. The molecule has 0 fully saturated rings. The first-order chi connectivity index (χ1) is 15.7. The summed E-state index contributed by atoms with van der Waals surface area (Å²) in [5, 5.41) is 10.3. The first-order valence-electron chi connectivity index (χ1n) is 10.8. The van der Waals surface area contributed by atoms with Gasteiger partial charge in [-0.15, -0.1) is 0 Å². The van der Waals surface area contributed by atoms with Crippen molar-refractivity contribution in [2.24, 2.45) is 5.41 Å². The molecule has 33 heavy (non-hydrogen) atoms. The summed E-state index contributed by atoms with van der Waals surface area (Å²) in [4.78, 5) is 28.9. The molecule has 2 aromatic carbocycles. The van der Waals surface area contributed by atoms with Crippen molar-refractivity contribution in [3.8, 4) is 22.5 Å². The number of imidazole rings is 1. The van der Waals surface area contributed by atoms with Gasteiger partial charge in [-0.25, -0.2) is 9.50 Å². The highest BCUT2D eigenvalue weighted by atomic mass is 16.2. The molecule has 2 amide bonds. The van der Waals surface area contributed by atoms with Crippen LogP contribution in [0.4, 0.5) is 5.69 Å². The fourth-order valence-electron chi connectivity index (χ4n) is 3.34. The quantitative estimate of drug-likeness (QED) is 0.480. The molecule has 2 aromatic heterocycles. The Morgan fingerprint density at radius 1 is 0.909 bits per heavy atom. The van der Waals surface area contributed by atoms with Crippen LogP contribution in [0.5, 0.6) is 0 Å². The largest absolute Gasteiger partial charge is 0.355 e. The lowest BCUT2D eigenvalue weighted by Gasteiger charge is -2.19. The van der Waals surface area contributed by atoms with Crippen molar-refractivity contribution in [1.82, 2.24) is 19.9 Å². The molecule has 4 rings (SSSR count). The zero-order chi connectivity index (χ0) is 23.8. The molecule has 0 spiro atoms. The highest BCUT2D eigenvalue weighted by Crippen LogP contribution is 2.27. The molecule has 7 heteroatoms. The number of aryl methyl sites for hydroxylation is 1. The highest BCUT2D eigenvalue weighted by molar-refractivity contribution is 5.96. The number of amides is 2. The summed E-state index contributed by atoms with van der Waals surface area (Å²) in [6, 6.07) is 17.0. The minimum atomic E-state index is -0.482. The van der Waals surface area contributed by atoms with Crippen LogP contribution in [0.2, 0.25) is 0 Å². The van der Waals surface area contributed by atoms with Crippen LogP contribution in [0, 0.1) is 12.3 Å². The van der Waals surface area contributed by atoms with Gasteiger partial charge in [-0.05, 0) is 42.8 Å². The second-order valence-corrected chi connectivity index (χ2v) is 9.04. The van der Waals surface area contributed by atoms with Crippen molar-refractivity contribution in [3.05, 3.63) is 71.9 Å². The molecule has 0 saturated carbocycles. The van der Waals surface area contributed by atoms with Gasteiger partial charge in [0.1, 0.15) is 0 Å². The lowest BCUT2D eigenvalue weighted by molar-refractivity contribution is -0.123. The maximum absolute atomic E-state index is 12.5. The van der Waals surface area contributed by atoms with E-state index >= 15 is 0 Å². The lowest BCUT2D eigenvalue weighted by Crippen LogP contribution is -2.27. The minimum Gasteiger partial charge on any atom is -0.355 e. The van der Waals surface area contributed by atoms with E-state index in [4.69, 9.17) is 10.1 Å². The van der Waals surface area contributed by atoms with Crippen molar-refractivity contribution in [1.29, 1.82) is 0 Å². The Kier molecular flexibility index (Phi) is 5.72. The highest BCUT2D eigenvalue weighted by Gasteiger charge is 2.22. The van der Waals surface area contributed by atoms with Crippen LogP contribution in [0.1, 0.15) is 36.7 Å². The van der Waals surface area contributed by atoms with Crippen molar-refractivity contribution in [2.75, 3.05) is 12.4 Å². The monoisotopic (exact) mass is 441 g/mol. The molecule has 0 saturated heterocycles. The number of carbonyl (C=O) groups is 2. The molecule has 0 aliphatic carbocycles. The number of aromatic nitrogens is 3. The number of fused-ring (bicyclic) bond motifs is 1. The van der Waals surface area contributed by atoms with Crippen molar-refractivity contribution in [3.63, 3.8) is 0 Å². The van der Waals surface area contributed by atoms with Gasteiger partial charge in [0.25, 0.3) is 5.91 Å². The lowest BCUT2D eigenvalue weighted by atomic mass is 9.95. The van der Waals surface area contributed by atoms with E-state index in [-0.39, 0.29) is 11.8 Å². The molecule has 2 N–H and O–H groups in total. The predicted octanol–water partition coefficient (Wildman–Crippen LogP) is 4.72. The Labute approximate surface area is 192 Å². The van der Waals surface area contributed by atoms with Crippen molar-refractivity contribution >= 4 is 23.1 Å². The normalized spacial score (nSPS) is 11.4. The maximum atomic E-state index is 12.5. The van der Waals surface area contributed by atoms with Gasteiger partial charge in [0, 0.05) is 34.8 Å². The van der Waals surface area contributed by atoms with Crippen molar-refractivity contribution in [2.45, 2.75) is 27.7 Å². The Morgan fingerprint density at radius 3 is 2.27 bits per heavy atom. The van der Waals surface area contributed by atoms with Crippen LogP contribution < -0.4 is 10.6 Å². The summed E-state index contributed by atoms with van der Waals surface area (Å²) >= 11 is 0. The number of anilines is 1. The van der Waals surface area contributed by atoms with Gasteiger partial charge < -0.3 is 10.6 Å². The number of rotatable bonds is 4. The molecule has 4 aromatic rings. The van der Waals surface area contributed by atoms with Crippen LogP contribution in [-0.2, 0) is 4.79 Å². The number of nitrogens with one attached hydrogen (secondary N) is 2. The zero-order valence-electron chi connectivity index (χ0n) is 19.4. The number of hydrogen-bond donors (Lipinski definition) is 2. The van der Waals surface area contributed by atoms with Crippen LogP contribution >= 0.6 is 0 Å². The third-order valence-corrected chi connectivity index (χ3v) is 5.45. The molecule has 0 unspecified atom stereocenters. The van der Waals surface area contributed by atoms with Gasteiger partial charge in [0.05, 0.1) is 17.6 Å². The SMILES string of the molecule is CNC(=O)c1ccc(-c2ccc3nc(-c4ccc(C)c(NC(=O)C(C)(C)C)c4)cn3n2)cc1. The van der Waals surface area contributed by atoms with E-state index in [2.05, 4.69) is 10.6 Å². The molecule has 168 valence electrons. The summed E-state index contributed by atoms with van der Waals surface area (Å²) in [6.45, 7) is 7.63. The fourth-order valence-corrected chi connectivity index (χ4v) is 3.34. The summed E-state index contributed by atoms with van der Waals surface area (Å²) < 4.78 is 1.74. The molecule has 2 heterocycles. The second-order valence-electron chi connectivity index (χ2n) is 9.04. The topological polar surface area (TPSA) is 88.4 Å². The van der Waals surface area contributed by atoms with Gasteiger partial charge in [-0.3, -0.25) is 9.59 Å². The number of nitrogens with zero attached hydrogens (tertiary/aromatic N) is 3. The molecule has 0 atom stereocenters. The Balaban J connectivity index is 1.65. The van der Waals surface area contributed by atoms with Gasteiger partial charge in [-0.1, -0.05) is 45.0 Å². The molecule has 0 aliphatic rings. The molecule has 0 aliphatic heterocycles. The van der Waals surface area contributed by atoms with Gasteiger partial charge in [-0.2, -0.15) is 5.10 Å². The molecular formula is C26H27N5O2. The van der Waals surface area contributed by atoms with E-state index in [1.54, 1.807) is 23.7 Å². The summed E-state index contributed by atoms with van der Waals surface area (Å²) in [7, 11) is 1.61. The standard InChI is InChI=1S/C26H27N5O2/c1-16-6-7-19(14-21(16)29-25(33)26(2,3)4)22-15-31-23(28-22)13-12-20(30-31)17-8-10-18(11-9-17)24(32)27-5/h6-15H,1-5H3,(H,27,32)(H,29,33). The number of benzene rings is 2. The average Bonchev–Trinajstić information content (AvgIpc) is 3.23. The van der Waals surface area contributed by atoms with Crippen molar-refractivity contribution < 1.29 is 9.59 Å². The van der Waals surface area contributed by atoms with Gasteiger partial charge in [0.15, 0.2) is 5.65 Å². The van der Waals surface area contributed by atoms with Crippen LogP contribution in [-0.4, -0.2) is 33.5 Å². The zero-order valence-corrected chi connectivity index (χ0v) is 19.4. The molecular weight excluding hydrogens is 414 g/mol. The Bertz CT molecular complexity index is 1350. The number of hydrogen-bond acceptors (Lipinski definition) is 4. The average molecular weight is 442 g/mol. The van der Waals surface area contributed by atoms with E-state index in [1.165, 1.54) is 0 Å². The summed E-state index contributed by atoms with van der Waals surface area (Å²) in [6.07, 6.45) is 1.87. The second kappa shape index (κ2) is 8.50. The van der Waals surface area contributed by atoms with E-state index < -0.39 is 5.41 Å². The van der Waals surface area contributed by atoms with E-state index in [9.17, 15) is 9.59 Å². The van der Waals surface area contributed by atoms with Gasteiger partial charge in [0.2, 0.25) is 5.91 Å². The van der Waals surface area contributed by atoms with E-state index in [0.717, 1.165) is 39.4 Å². The Hall–Kier alpha value is -4.00. The predicted molar refractivity (Wildman–Crippen MR) is 130 cm³/mol. The van der Waals surface area contributed by atoms with Gasteiger partial charge >= 0.3 is 0 Å². The summed E-state index contributed by atoms with van der Waals surface area (Å²) in [5.41, 5.74) is 5.93. The van der Waals surface area contributed by atoms with Crippen LogP contribution in [0.25, 0.3) is 28.2 Å². The molecule has 0 radical (unpaired) electrons.